The topological polar surface area (TPSA) is 94.9 Å². The van der Waals surface area contributed by atoms with Crippen LogP contribution in [0.1, 0.15) is 35.2 Å². The maximum atomic E-state index is 15.5. The molecule has 1 aliphatic rings. The Morgan fingerprint density at radius 3 is 2.47 bits per heavy atom. The number of aryl methyl sites for hydroxylation is 1. The highest BCUT2D eigenvalue weighted by atomic mass is 35.5. The van der Waals surface area contributed by atoms with Crippen LogP contribution in [0.15, 0.2) is 95.9 Å². The van der Waals surface area contributed by atoms with Crippen LogP contribution >= 0.6 is 11.6 Å². The molecule has 1 saturated heterocycles. The summed E-state index contributed by atoms with van der Waals surface area (Å²) >= 11 is 6.68. The number of halogens is 2. The van der Waals surface area contributed by atoms with Crippen molar-refractivity contribution in [3.8, 4) is 28.7 Å². The average Bonchev–Trinajstić information content (AvgIpc) is 3.66. The number of nitrogens with zero attached hydrogens (tertiary/aromatic N) is 3. The summed E-state index contributed by atoms with van der Waals surface area (Å²) in [5.74, 6) is -0.148. The van der Waals surface area contributed by atoms with Crippen molar-refractivity contribution in [2.75, 3.05) is 38.7 Å². The van der Waals surface area contributed by atoms with Crippen molar-refractivity contribution in [3.63, 3.8) is 0 Å². The molecule has 0 unspecified atom stereocenters. The van der Waals surface area contributed by atoms with Crippen LogP contribution in [0.4, 0.5) is 10.1 Å². The van der Waals surface area contributed by atoms with Crippen LogP contribution in [-0.4, -0.2) is 53.7 Å². The second-order valence-corrected chi connectivity index (χ2v) is 12.8. The zero-order valence-corrected chi connectivity index (χ0v) is 29.0. The first-order chi connectivity index (χ1) is 24.8. The van der Waals surface area contributed by atoms with Gasteiger partial charge in [-0.15, -0.1) is 0 Å². The molecule has 1 amide bonds. The third kappa shape index (κ3) is 7.10. The van der Waals surface area contributed by atoms with Gasteiger partial charge in [0.05, 0.1) is 29.8 Å². The largest absolute Gasteiger partial charge is 0.493 e. The summed E-state index contributed by atoms with van der Waals surface area (Å²) in [6.45, 7) is 5.76. The van der Waals surface area contributed by atoms with E-state index < -0.39 is 17.3 Å². The monoisotopic (exact) mass is 706 g/mol. The first kappa shape index (κ1) is 34.0. The lowest BCUT2D eigenvalue weighted by molar-refractivity contribution is 0.102. The summed E-state index contributed by atoms with van der Waals surface area (Å²) in [5, 5.41) is 3.77. The Hall–Kier alpha value is -5.45. The van der Waals surface area contributed by atoms with E-state index in [0.29, 0.717) is 51.3 Å². The number of amides is 1. The molecule has 6 aromatic rings. The minimum atomic E-state index is -0.772. The summed E-state index contributed by atoms with van der Waals surface area (Å²) in [6.07, 6.45) is 4.97. The minimum Gasteiger partial charge on any atom is -0.493 e. The SMILES string of the molecule is COc1cc2c(Oc3ccc(NC(=O)c4c(Cl)c5ccccc5n(-c5ccc(C)cc5)c4=O)cc3F)ccnc2cc1OCCCN1CCCC1. The maximum Gasteiger partial charge on any atom is 0.270 e. The van der Waals surface area contributed by atoms with Crippen LogP contribution in [-0.2, 0) is 0 Å². The van der Waals surface area contributed by atoms with Gasteiger partial charge in [-0.3, -0.25) is 19.1 Å². The van der Waals surface area contributed by atoms with Crippen molar-refractivity contribution in [1.82, 2.24) is 14.5 Å². The fourth-order valence-electron chi connectivity index (χ4n) is 6.39. The number of ether oxygens (including phenoxy) is 3. The van der Waals surface area contributed by atoms with Crippen molar-refractivity contribution >= 4 is 45.0 Å². The Labute approximate surface area is 299 Å². The summed E-state index contributed by atoms with van der Waals surface area (Å²) in [7, 11) is 1.56. The van der Waals surface area contributed by atoms with E-state index in [0.717, 1.165) is 37.7 Å². The van der Waals surface area contributed by atoms with Gasteiger partial charge in [-0.05, 0) is 81.7 Å². The van der Waals surface area contributed by atoms with Gasteiger partial charge in [0.15, 0.2) is 23.1 Å². The van der Waals surface area contributed by atoms with Gasteiger partial charge in [-0.2, -0.15) is 0 Å². The quantitative estimate of drug-likeness (QED) is 0.135. The Morgan fingerprint density at radius 1 is 0.922 bits per heavy atom. The number of hydrogen-bond donors (Lipinski definition) is 1. The maximum absolute atomic E-state index is 15.5. The molecule has 51 heavy (non-hydrogen) atoms. The number of para-hydroxylation sites is 1. The van der Waals surface area contributed by atoms with E-state index in [-0.39, 0.29) is 22.0 Å². The van der Waals surface area contributed by atoms with Gasteiger partial charge in [0, 0.05) is 47.0 Å². The lowest BCUT2D eigenvalue weighted by Gasteiger charge is -2.16. The Bertz CT molecular complexity index is 2300. The van der Waals surface area contributed by atoms with Gasteiger partial charge in [0.2, 0.25) is 0 Å². The number of carbonyl (C=O) groups excluding carboxylic acids is 1. The Kier molecular flexibility index (Phi) is 9.87. The second kappa shape index (κ2) is 14.8. The van der Waals surface area contributed by atoms with E-state index >= 15 is 4.39 Å². The third-order valence-electron chi connectivity index (χ3n) is 9.01. The van der Waals surface area contributed by atoms with Crippen molar-refractivity contribution < 1.29 is 23.4 Å². The molecule has 0 atom stereocenters. The van der Waals surface area contributed by atoms with E-state index in [4.69, 9.17) is 25.8 Å². The highest BCUT2D eigenvalue weighted by Gasteiger charge is 2.23. The molecule has 0 radical (unpaired) electrons. The molecule has 0 saturated carbocycles. The van der Waals surface area contributed by atoms with E-state index in [9.17, 15) is 9.59 Å². The number of rotatable bonds is 11. The minimum absolute atomic E-state index is 0.00696. The van der Waals surface area contributed by atoms with Crippen molar-refractivity contribution in [3.05, 3.63) is 123 Å². The van der Waals surface area contributed by atoms with E-state index in [1.165, 1.54) is 29.5 Å². The number of hydrogen-bond acceptors (Lipinski definition) is 7. The first-order valence-electron chi connectivity index (χ1n) is 16.8. The summed E-state index contributed by atoms with van der Waals surface area (Å²) in [5.41, 5.74) is 2.00. The molecule has 260 valence electrons. The Balaban J connectivity index is 1.11. The van der Waals surface area contributed by atoms with E-state index in [1.807, 2.05) is 19.1 Å². The van der Waals surface area contributed by atoms with Gasteiger partial charge in [0.1, 0.15) is 11.3 Å². The van der Waals surface area contributed by atoms with Crippen LogP contribution in [0.5, 0.6) is 23.0 Å². The van der Waals surface area contributed by atoms with Crippen LogP contribution in [0.2, 0.25) is 5.02 Å². The predicted octanol–water partition coefficient (Wildman–Crippen LogP) is 8.56. The normalized spacial score (nSPS) is 13.1. The molecule has 2 aromatic heterocycles. The number of fused-ring (bicyclic) bond motifs is 2. The lowest BCUT2D eigenvalue weighted by Crippen LogP contribution is -2.29. The Morgan fingerprint density at radius 2 is 1.71 bits per heavy atom. The number of methoxy groups -OCH3 is 1. The molecular weight excluding hydrogens is 671 g/mol. The molecule has 0 spiro atoms. The molecule has 9 nitrogen and oxygen atoms in total. The molecule has 1 N–H and O–H groups in total. The van der Waals surface area contributed by atoms with Gasteiger partial charge in [0.25, 0.3) is 11.5 Å². The molecule has 1 aliphatic heterocycles. The van der Waals surface area contributed by atoms with E-state index in [1.54, 1.807) is 67.9 Å². The van der Waals surface area contributed by atoms with E-state index in [2.05, 4.69) is 15.2 Å². The van der Waals surface area contributed by atoms with Gasteiger partial charge in [-0.25, -0.2) is 4.39 Å². The third-order valence-corrected chi connectivity index (χ3v) is 9.40. The molecule has 0 aliphatic carbocycles. The molecule has 1 fully saturated rings. The molecule has 0 bridgehead atoms. The van der Waals surface area contributed by atoms with Crippen molar-refractivity contribution in [2.24, 2.45) is 0 Å². The number of anilines is 1. The fourth-order valence-corrected chi connectivity index (χ4v) is 6.72. The fraction of sp³-hybridized carbons (Fsp3) is 0.225. The zero-order valence-electron chi connectivity index (χ0n) is 28.2. The average molecular weight is 707 g/mol. The molecule has 11 heteroatoms. The number of aromatic nitrogens is 2. The first-order valence-corrected chi connectivity index (χ1v) is 17.2. The number of pyridine rings is 2. The van der Waals surface area contributed by atoms with Crippen molar-refractivity contribution in [2.45, 2.75) is 26.2 Å². The summed E-state index contributed by atoms with van der Waals surface area (Å²) < 4.78 is 34.7. The zero-order chi connectivity index (χ0) is 35.5. The van der Waals surface area contributed by atoms with Gasteiger partial charge < -0.3 is 24.4 Å². The number of benzene rings is 4. The molecule has 4 aromatic carbocycles. The molecular formula is C40H36ClFN4O5. The predicted molar refractivity (Wildman–Crippen MR) is 198 cm³/mol. The number of nitrogens with one attached hydrogen (secondary N) is 1. The van der Waals surface area contributed by atoms with Gasteiger partial charge in [-0.1, -0.05) is 47.5 Å². The van der Waals surface area contributed by atoms with Gasteiger partial charge >= 0.3 is 0 Å². The highest BCUT2D eigenvalue weighted by Crippen LogP contribution is 2.38. The van der Waals surface area contributed by atoms with Crippen LogP contribution < -0.4 is 25.1 Å². The molecule has 3 heterocycles. The highest BCUT2D eigenvalue weighted by molar-refractivity contribution is 6.39. The standard InChI is InChI=1S/C40H36ClFN4O5/c1-25-10-13-27(14-11-25)46-32-9-4-3-8-28(32)38(41)37(40(46)48)39(47)44-26-12-15-34(30(42)22-26)51-33-16-17-43-31-24-36(35(49-2)23-29(31)33)50-21-7-20-45-18-5-6-19-45/h3-4,8-17,22-24H,5-7,18-21H2,1-2H3,(H,44,47). The molecule has 7 rings (SSSR count). The van der Waals surface area contributed by atoms with Crippen LogP contribution in [0.25, 0.3) is 27.5 Å². The second-order valence-electron chi connectivity index (χ2n) is 12.5. The van der Waals surface area contributed by atoms with Crippen LogP contribution in [0, 0.1) is 12.7 Å². The summed E-state index contributed by atoms with van der Waals surface area (Å²) in [6, 6.07) is 23.7. The lowest BCUT2D eigenvalue weighted by atomic mass is 10.1. The summed E-state index contributed by atoms with van der Waals surface area (Å²) in [4.78, 5) is 34.4. The number of carbonyl (C=O) groups is 1. The smallest absolute Gasteiger partial charge is 0.270 e. The van der Waals surface area contributed by atoms with Crippen LogP contribution in [0.3, 0.4) is 0 Å². The van der Waals surface area contributed by atoms with Crippen molar-refractivity contribution in [1.29, 1.82) is 0 Å². The number of likely N-dealkylation sites (tertiary alicyclic amines) is 1.